The number of rotatable bonds is 2. The van der Waals surface area contributed by atoms with Crippen LogP contribution < -0.4 is 10.6 Å². The number of hydrogen-bond donors (Lipinski definition) is 1. The highest BCUT2D eigenvalue weighted by molar-refractivity contribution is 9.10. The number of thioether (sulfide) groups is 1. The minimum atomic E-state index is 0.0832. The van der Waals surface area contributed by atoms with E-state index in [0.717, 1.165) is 11.0 Å². The summed E-state index contributed by atoms with van der Waals surface area (Å²) >= 11 is 5.59. The van der Waals surface area contributed by atoms with Crippen LogP contribution in [0.15, 0.2) is 22.7 Å². The Kier molecular flexibility index (Phi) is 4.39. The van der Waals surface area contributed by atoms with E-state index < -0.39 is 0 Å². The van der Waals surface area contributed by atoms with Gasteiger partial charge in [-0.15, -0.1) is 0 Å². The molecule has 2 atom stereocenters. The molecule has 1 heterocycles. The molecule has 1 fully saturated rings. The molecule has 0 aromatic heterocycles. The summed E-state index contributed by atoms with van der Waals surface area (Å²) in [4.78, 5) is 2.49. The highest BCUT2D eigenvalue weighted by Gasteiger charge is 2.22. The summed E-state index contributed by atoms with van der Waals surface area (Å²) in [5.41, 5.74) is 8.61. The van der Waals surface area contributed by atoms with Crippen LogP contribution in [0.25, 0.3) is 0 Å². The van der Waals surface area contributed by atoms with Gasteiger partial charge in [-0.1, -0.05) is 22.0 Å². The predicted octanol–water partition coefficient (Wildman–Crippen LogP) is 3.41. The lowest BCUT2D eigenvalue weighted by atomic mass is 10.0. The van der Waals surface area contributed by atoms with E-state index in [4.69, 9.17) is 5.73 Å². The van der Waals surface area contributed by atoms with Crippen molar-refractivity contribution >= 4 is 33.4 Å². The molecule has 1 aromatic rings. The van der Waals surface area contributed by atoms with Crippen LogP contribution in [0.4, 0.5) is 5.69 Å². The van der Waals surface area contributed by atoms with Gasteiger partial charge in [0, 0.05) is 40.3 Å². The minimum Gasteiger partial charge on any atom is -0.367 e. The average molecular weight is 315 g/mol. The molecular weight excluding hydrogens is 296 g/mol. The Balaban J connectivity index is 2.37. The molecule has 2 unspecified atom stereocenters. The Morgan fingerprint density at radius 1 is 1.53 bits per heavy atom. The molecule has 2 N–H and O–H groups in total. The first kappa shape index (κ1) is 13.2. The number of anilines is 1. The highest BCUT2D eigenvalue weighted by Crippen LogP contribution is 2.32. The van der Waals surface area contributed by atoms with Crippen molar-refractivity contribution in [2.45, 2.75) is 25.9 Å². The van der Waals surface area contributed by atoms with Crippen molar-refractivity contribution in [3.8, 4) is 0 Å². The second-order valence-electron chi connectivity index (χ2n) is 4.61. The maximum atomic E-state index is 6.07. The normalized spacial score (nSPS) is 22.6. The molecule has 0 aliphatic carbocycles. The van der Waals surface area contributed by atoms with Gasteiger partial charge in [0.2, 0.25) is 0 Å². The lowest BCUT2D eigenvalue weighted by Gasteiger charge is -2.37. The van der Waals surface area contributed by atoms with Crippen molar-refractivity contribution in [1.82, 2.24) is 0 Å². The van der Waals surface area contributed by atoms with Crippen LogP contribution in [0.1, 0.15) is 25.5 Å². The Bertz CT molecular complexity index is 395. The van der Waals surface area contributed by atoms with Gasteiger partial charge in [0.15, 0.2) is 0 Å². The summed E-state index contributed by atoms with van der Waals surface area (Å²) in [6, 6.07) is 7.08. The molecule has 1 aliphatic heterocycles. The molecule has 17 heavy (non-hydrogen) atoms. The van der Waals surface area contributed by atoms with Gasteiger partial charge >= 0.3 is 0 Å². The number of hydrogen-bond acceptors (Lipinski definition) is 3. The lowest BCUT2D eigenvalue weighted by molar-refractivity contribution is 0.687. The quantitative estimate of drug-likeness (QED) is 0.907. The molecule has 2 nitrogen and oxygen atoms in total. The molecule has 0 bridgehead atoms. The van der Waals surface area contributed by atoms with Gasteiger partial charge in [-0.2, -0.15) is 11.8 Å². The van der Waals surface area contributed by atoms with Crippen LogP contribution in [0.2, 0.25) is 0 Å². The highest BCUT2D eigenvalue weighted by atomic mass is 79.9. The van der Waals surface area contributed by atoms with E-state index in [-0.39, 0.29) is 6.04 Å². The second-order valence-corrected chi connectivity index (χ2v) is 6.67. The number of nitrogens with zero attached hydrogens (tertiary/aromatic N) is 1. The Morgan fingerprint density at radius 2 is 2.29 bits per heavy atom. The van der Waals surface area contributed by atoms with E-state index >= 15 is 0 Å². The predicted molar refractivity (Wildman–Crippen MR) is 80.9 cm³/mol. The summed E-state index contributed by atoms with van der Waals surface area (Å²) in [5, 5.41) is 0. The molecule has 1 saturated heterocycles. The van der Waals surface area contributed by atoms with Crippen LogP contribution in [0.3, 0.4) is 0 Å². The topological polar surface area (TPSA) is 29.3 Å². The summed E-state index contributed by atoms with van der Waals surface area (Å²) in [5.74, 6) is 2.40. The molecule has 0 saturated carbocycles. The zero-order valence-electron chi connectivity index (χ0n) is 10.3. The van der Waals surface area contributed by atoms with Crippen molar-refractivity contribution in [1.29, 1.82) is 0 Å². The van der Waals surface area contributed by atoms with Gasteiger partial charge in [-0.05, 0) is 31.5 Å². The Hall–Kier alpha value is -0.190. The van der Waals surface area contributed by atoms with E-state index in [1.165, 1.54) is 22.8 Å². The third-order valence-corrected chi connectivity index (χ3v) is 4.84. The van der Waals surface area contributed by atoms with E-state index in [0.29, 0.717) is 6.04 Å². The van der Waals surface area contributed by atoms with Gasteiger partial charge in [0.05, 0.1) is 0 Å². The van der Waals surface area contributed by atoms with E-state index in [9.17, 15) is 0 Å². The first-order valence-electron chi connectivity index (χ1n) is 5.99. The Labute approximate surface area is 116 Å². The van der Waals surface area contributed by atoms with Gasteiger partial charge in [0.25, 0.3) is 0 Å². The molecular formula is C13H19BrN2S. The van der Waals surface area contributed by atoms with Crippen molar-refractivity contribution in [2.24, 2.45) is 5.73 Å². The van der Waals surface area contributed by atoms with Crippen molar-refractivity contribution in [2.75, 3.05) is 23.0 Å². The lowest BCUT2D eigenvalue weighted by Crippen LogP contribution is -2.41. The average Bonchev–Trinajstić information content (AvgIpc) is 2.29. The zero-order chi connectivity index (χ0) is 12.4. The summed E-state index contributed by atoms with van der Waals surface area (Å²) in [6.45, 7) is 5.45. The van der Waals surface area contributed by atoms with Crippen LogP contribution in [0, 0.1) is 0 Å². The van der Waals surface area contributed by atoms with Gasteiger partial charge in [0.1, 0.15) is 0 Å². The molecule has 0 spiro atoms. The fourth-order valence-electron chi connectivity index (χ4n) is 2.24. The van der Waals surface area contributed by atoms with Crippen LogP contribution in [-0.4, -0.2) is 24.1 Å². The summed E-state index contributed by atoms with van der Waals surface area (Å²) in [7, 11) is 0. The van der Waals surface area contributed by atoms with E-state index in [2.05, 4.69) is 52.9 Å². The summed E-state index contributed by atoms with van der Waals surface area (Å²) < 4.78 is 1.13. The minimum absolute atomic E-state index is 0.0832. The number of benzene rings is 1. The molecule has 0 amide bonds. The zero-order valence-corrected chi connectivity index (χ0v) is 12.7. The van der Waals surface area contributed by atoms with E-state index in [1.807, 2.05) is 11.8 Å². The van der Waals surface area contributed by atoms with Gasteiger partial charge in [-0.3, -0.25) is 0 Å². The van der Waals surface area contributed by atoms with Crippen LogP contribution in [0.5, 0.6) is 0 Å². The molecule has 94 valence electrons. The maximum absolute atomic E-state index is 6.07. The third-order valence-electron chi connectivity index (χ3n) is 3.16. The molecule has 2 rings (SSSR count). The molecule has 0 radical (unpaired) electrons. The molecule has 1 aromatic carbocycles. The first-order chi connectivity index (χ1) is 8.09. The van der Waals surface area contributed by atoms with Crippen molar-refractivity contribution in [3.63, 3.8) is 0 Å². The van der Waals surface area contributed by atoms with Crippen molar-refractivity contribution < 1.29 is 0 Å². The SMILES string of the molecule is CC(N)c1ccc(Br)cc1N1CCSCC1C. The fourth-order valence-corrected chi connectivity index (χ4v) is 3.60. The second kappa shape index (κ2) is 5.63. The number of halogens is 1. The first-order valence-corrected chi connectivity index (χ1v) is 7.94. The molecule has 4 heteroatoms. The number of nitrogens with two attached hydrogens (primary N) is 1. The van der Waals surface area contributed by atoms with Crippen molar-refractivity contribution in [3.05, 3.63) is 28.2 Å². The van der Waals surface area contributed by atoms with Crippen LogP contribution >= 0.6 is 27.7 Å². The Morgan fingerprint density at radius 3 is 2.94 bits per heavy atom. The fraction of sp³-hybridized carbons (Fsp3) is 0.538. The standard InChI is InChI=1S/C13H19BrN2S/c1-9-8-17-6-5-16(9)13-7-11(14)3-4-12(13)10(2)15/h3-4,7,9-10H,5-6,8,15H2,1-2H3. The largest absolute Gasteiger partial charge is 0.367 e. The van der Waals surface area contributed by atoms with E-state index in [1.54, 1.807) is 0 Å². The third kappa shape index (κ3) is 2.98. The monoisotopic (exact) mass is 314 g/mol. The molecule has 1 aliphatic rings. The maximum Gasteiger partial charge on any atom is 0.0428 e. The van der Waals surface area contributed by atoms with Crippen LogP contribution in [-0.2, 0) is 0 Å². The smallest absolute Gasteiger partial charge is 0.0428 e. The van der Waals surface area contributed by atoms with Gasteiger partial charge < -0.3 is 10.6 Å². The summed E-state index contributed by atoms with van der Waals surface area (Å²) in [6.07, 6.45) is 0. The van der Waals surface area contributed by atoms with Gasteiger partial charge in [-0.25, -0.2) is 0 Å².